The third-order valence-electron chi connectivity index (χ3n) is 4.77. The molecule has 124 valence electrons. The van der Waals surface area contributed by atoms with E-state index >= 15 is 0 Å². The molecule has 1 aliphatic heterocycles. The van der Waals surface area contributed by atoms with Gasteiger partial charge in [0, 0.05) is 13.1 Å². The number of aromatic nitrogens is 4. The van der Waals surface area contributed by atoms with Crippen LogP contribution in [-0.4, -0.2) is 40.0 Å². The summed E-state index contributed by atoms with van der Waals surface area (Å²) in [6.07, 6.45) is 2.28. The number of hydrogen-bond acceptors (Lipinski definition) is 5. The summed E-state index contributed by atoms with van der Waals surface area (Å²) >= 11 is 0. The number of nitrogens with zero attached hydrogens (tertiary/aromatic N) is 5. The van der Waals surface area contributed by atoms with Gasteiger partial charge in [0.05, 0.1) is 7.11 Å². The van der Waals surface area contributed by atoms with Crippen molar-refractivity contribution in [3.05, 3.63) is 47.5 Å². The lowest BCUT2D eigenvalue weighted by atomic mass is 9.89. The molecule has 0 bridgehead atoms. The van der Waals surface area contributed by atoms with Gasteiger partial charge in [0.15, 0.2) is 5.65 Å². The highest BCUT2D eigenvalue weighted by atomic mass is 16.5. The molecule has 4 rings (SSSR count). The average molecular weight is 323 g/mol. The van der Waals surface area contributed by atoms with Crippen LogP contribution in [0.1, 0.15) is 29.9 Å². The van der Waals surface area contributed by atoms with Crippen LogP contribution in [0.3, 0.4) is 0 Å². The lowest BCUT2D eigenvalue weighted by molar-refractivity contribution is 0.368. The second kappa shape index (κ2) is 6.11. The van der Waals surface area contributed by atoms with Gasteiger partial charge < -0.3 is 9.64 Å². The van der Waals surface area contributed by atoms with Crippen molar-refractivity contribution in [3.63, 3.8) is 0 Å². The summed E-state index contributed by atoms with van der Waals surface area (Å²) in [5.74, 6) is 1.58. The number of ether oxygens (including phenoxy) is 1. The normalized spacial score (nSPS) is 15.8. The fourth-order valence-electron chi connectivity index (χ4n) is 3.34. The number of rotatable bonds is 3. The Labute approximate surface area is 141 Å². The summed E-state index contributed by atoms with van der Waals surface area (Å²) in [6, 6.07) is 13.3. The highest BCUT2D eigenvalue weighted by Gasteiger charge is 2.22. The van der Waals surface area contributed by atoms with E-state index in [0.717, 1.165) is 31.7 Å². The van der Waals surface area contributed by atoms with Crippen molar-refractivity contribution < 1.29 is 4.74 Å². The van der Waals surface area contributed by atoms with Crippen molar-refractivity contribution >= 4 is 11.5 Å². The van der Waals surface area contributed by atoms with Crippen molar-refractivity contribution in [3.8, 4) is 6.01 Å². The van der Waals surface area contributed by atoms with Crippen LogP contribution < -0.4 is 9.64 Å². The topological polar surface area (TPSA) is 55.6 Å². The molecule has 0 unspecified atom stereocenters. The maximum atomic E-state index is 5.20. The van der Waals surface area contributed by atoms with E-state index in [9.17, 15) is 0 Å². The minimum Gasteiger partial charge on any atom is -0.466 e. The fraction of sp³-hybridized carbons (Fsp3) is 0.389. The molecule has 0 aliphatic carbocycles. The third-order valence-corrected chi connectivity index (χ3v) is 4.77. The summed E-state index contributed by atoms with van der Waals surface area (Å²) in [7, 11) is 1.58. The van der Waals surface area contributed by atoms with E-state index in [2.05, 4.69) is 51.4 Å². The molecule has 3 heterocycles. The van der Waals surface area contributed by atoms with E-state index in [4.69, 9.17) is 4.74 Å². The van der Waals surface area contributed by atoms with E-state index in [1.54, 1.807) is 11.6 Å². The molecule has 0 N–H and O–H groups in total. The minimum atomic E-state index is 0.418. The second-order valence-electron chi connectivity index (χ2n) is 6.32. The predicted molar refractivity (Wildman–Crippen MR) is 92.7 cm³/mol. The van der Waals surface area contributed by atoms with E-state index in [1.165, 1.54) is 11.1 Å². The van der Waals surface area contributed by atoms with Gasteiger partial charge in [0.1, 0.15) is 5.82 Å². The summed E-state index contributed by atoms with van der Waals surface area (Å²) in [6.45, 7) is 4.14. The van der Waals surface area contributed by atoms with Gasteiger partial charge in [0.25, 0.3) is 0 Å². The Morgan fingerprint density at radius 3 is 2.46 bits per heavy atom. The Balaban J connectivity index is 1.50. The number of hydrogen-bond donors (Lipinski definition) is 0. The van der Waals surface area contributed by atoms with E-state index < -0.39 is 0 Å². The summed E-state index contributed by atoms with van der Waals surface area (Å²) in [4.78, 5) is 2.32. The zero-order chi connectivity index (χ0) is 16.5. The SMILES string of the molecule is COc1nnc2ccc(N3CCC(c4ccc(C)cc4)CC3)nn12. The Morgan fingerprint density at radius 1 is 1.00 bits per heavy atom. The maximum Gasteiger partial charge on any atom is 0.338 e. The molecule has 3 aromatic rings. The van der Waals surface area contributed by atoms with Crippen LogP contribution in [0.15, 0.2) is 36.4 Å². The molecule has 1 aliphatic rings. The molecular formula is C18H21N5O. The Kier molecular flexibility index (Phi) is 3.80. The van der Waals surface area contributed by atoms with Gasteiger partial charge in [-0.05, 0) is 43.4 Å². The van der Waals surface area contributed by atoms with E-state index in [0.29, 0.717) is 17.6 Å². The van der Waals surface area contributed by atoms with Crippen LogP contribution in [0.25, 0.3) is 5.65 Å². The molecule has 6 heteroatoms. The minimum absolute atomic E-state index is 0.418. The summed E-state index contributed by atoms with van der Waals surface area (Å²) < 4.78 is 6.86. The molecule has 6 nitrogen and oxygen atoms in total. The zero-order valence-electron chi connectivity index (χ0n) is 14.0. The number of piperidine rings is 1. The van der Waals surface area contributed by atoms with Gasteiger partial charge in [-0.2, -0.15) is 4.52 Å². The number of benzene rings is 1. The molecule has 24 heavy (non-hydrogen) atoms. The molecule has 2 aromatic heterocycles. The highest BCUT2D eigenvalue weighted by molar-refractivity contribution is 5.47. The predicted octanol–water partition coefficient (Wildman–Crippen LogP) is 2.83. The van der Waals surface area contributed by atoms with Crippen LogP contribution in [0.4, 0.5) is 5.82 Å². The lowest BCUT2D eigenvalue weighted by Crippen LogP contribution is -2.33. The van der Waals surface area contributed by atoms with Gasteiger partial charge in [-0.3, -0.25) is 0 Å². The van der Waals surface area contributed by atoms with Crippen LogP contribution in [0, 0.1) is 6.92 Å². The standard InChI is InChI=1S/C18H21N5O/c1-13-3-5-14(6-4-13)15-9-11-22(12-10-15)17-8-7-16-19-20-18(24-2)23(16)21-17/h3-8,15H,9-12H2,1-2H3. The Morgan fingerprint density at radius 2 is 1.75 bits per heavy atom. The zero-order valence-corrected chi connectivity index (χ0v) is 14.0. The van der Waals surface area contributed by atoms with Crippen LogP contribution in [0.2, 0.25) is 0 Å². The molecular weight excluding hydrogens is 302 g/mol. The van der Waals surface area contributed by atoms with Gasteiger partial charge in [0.2, 0.25) is 0 Å². The Hall–Kier alpha value is -2.63. The molecule has 0 amide bonds. The average Bonchev–Trinajstić information content (AvgIpc) is 3.05. The number of methoxy groups -OCH3 is 1. The number of aryl methyl sites for hydroxylation is 1. The van der Waals surface area contributed by atoms with Gasteiger partial charge >= 0.3 is 6.01 Å². The van der Waals surface area contributed by atoms with E-state index in [1.807, 2.05) is 12.1 Å². The fourth-order valence-corrected chi connectivity index (χ4v) is 3.34. The Bertz CT molecular complexity index is 834. The molecule has 1 fully saturated rings. The molecule has 0 spiro atoms. The first-order valence-electron chi connectivity index (χ1n) is 8.32. The smallest absolute Gasteiger partial charge is 0.338 e. The highest BCUT2D eigenvalue weighted by Crippen LogP contribution is 2.30. The first kappa shape index (κ1) is 14.9. The molecule has 0 atom stereocenters. The maximum absolute atomic E-state index is 5.20. The van der Waals surface area contributed by atoms with E-state index in [-0.39, 0.29) is 0 Å². The quantitative estimate of drug-likeness (QED) is 0.742. The summed E-state index contributed by atoms with van der Waals surface area (Å²) in [5, 5.41) is 12.6. The monoisotopic (exact) mass is 323 g/mol. The second-order valence-corrected chi connectivity index (χ2v) is 6.32. The third kappa shape index (κ3) is 2.68. The summed E-state index contributed by atoms with van der Waals surface area (Å²) in [5.41, 5.74) is 3.46. The number of anilines is 1. The van der Waals surface area contributed by atoms with Crippen molar-refractivity contribution in [1.29, 1.82) is 0 Å². The largest absolute Gasteiger partial charge is 0.466 e. The van der Waals surface area contributed by atoms with Crippen LogP contribution in [-0.2, 0) is 0 Å². The number of fused-ring (bicyclic) bond motifs is 1. The molecule has 0 saturated carbocycles. The van der Waals surface area contributed by atoms with Gasteiger partial charge in [-0.25, -0.2) is 0 Å². The van der Waals surface area contributed by atoms with Crippen LogP contribution in [0.5, 0.6) is 6.01 Å². The lowest BCUT2D eigenvalue weighted by Gasteiger charge is -2.33. The van der Waals surface area contributed by atoms with Crippen molar-refractivity contribution in [1.82, 2.24) is 19.8 Å². The van der Waals surface area contributed by atoms with Crippen molar-refractivity contribution in [2.45, 2.75) is 25.7 Å². The molecule has 1 aromatic carbocycles. The molecule has 1 saturated heterocycles. The first-order valence-corrected chi connectivity index (χ1v) is 8.32. The van der Waals surface area contributed by atoms with Gasteiger partial charge in [-0.1, -0.05) is 34.9 Å². The first-order chi connectivity index (χ1) is 11.7. The van der Waals surface area contributed by atoms with Crippen molar-refractivity contribution in [2.24, 2.45) is 0 Å². The van der Waals surface area contributed by atoms with Gasteiger partial charge in [-0.15, -0.1) is 10.2 Å². The van der Waals surface area contributed by atoms with Crippen molar-refractivity contribution in [2.75, 3.05) is 25.1 Å². The molecule has 0 radical (unpaired) electrons. The van der Waals surface area contributed by atoms with Crippen LogP contribution >= 0.6 is 0 Å².